The highest BCUT2D eigenvalue weighted by Gasteiger charge is 2.19. The molecule has 0 aliphatic carbocycles. The molecule has 0 rings (SSSR count). The third-order valence-corrected chi connectivity index (χ3v) is 13.4. The molecule has 0 bridgehead atoms. The van der Waals surface area contributed by atoms with E-state index in [1.165, 1.54) is 238 Å². The van der Waals surface area contributed by atoms with E-state index in [9.17, 15) is 14.4 Å². The van der Waals surface area contributed by atoms with Crippen LogP contribution in [0.4, 0.5) is 0 Å². The van der Waals surface area contributed by atoms with Gasteiger partial charge in [0, 0.05) is 19.3 Å². The fourth-order valence-electron chi connectivity index (χ4n) is 8.98. The minimum atomic E-state index is -0.760. The fourth-order valence-corrected chi connectivity index (χ4v) is 8.98. The van der Waals surface area contributed by atoms with Crippen LogP contribution < -0.4 is 0 Å². The Morgan fingerprint density at radius 3 is 0.625 bits per heavy atom. The number of hydrogen-bond acceptors (Lipinski definition) is 6. The molecule has 0 aliphatic heterocycles. The van der Waals surface area contributed by atoms with Crippen molar-refractivity contribution in [2.24, 2.45) is 0 Å². The molecule has 64 heavy (non-hydrogen) atoms. The Labute approximate surface area is 399 Å². The molecule has 0 spiro atoms. The number of carbonyl (C=O) groups is 3. The Kier molecular flexibility index (Phi) is 52.7. The van der Waals surface area contributed by atoms with Gasteiger partial charge in [0.05, 0.1) is 0 Å². The number of unbranched alkanes of at least 4 members (excludes halogenated alkanes) is 43. The molecule has 0 heterocycles. The van der Waals surface area contributed by atoms with Crippen LogP contribution >= 0.6 is 0 Å². The van der Waals surface area contributed by atoms with Gasteiger partial charge in [-0.25, -0.2) is 0 Å². The lowest BCUT2D eigenvalue weighted by atomic mass is 10.0. The van der Waals surface area contributed by atoms with E-state index in [4.69, 9.17) is 14.2 Å². The first-order valence-electron chi connectivity index (χ1n) is 29.0. The zero-order chi connectivity index (χ0) is 46.5. The summed E-state index contributed by atoms with van der Waals surface area (Å²) in [5, 5.41) is 0. The Bertz CT molecular complexity index is 951. The van der Waals surface area contributed by atoms with Crippen molar-refractivity contribution in [3.63, 3.8) is 0 Å². The van der Waals surface area contributed by atoms with Crippen LogP contribution in [-0.2, 0) is 28.6 Å². The molecule has 0 aliphatic rings. The largest absolute Gasteiger partial charge is 0.462 e. The molecule has 0 aromatic carbocycles. The summed E-state index contributed by atoms with van der Waals surface area (Å²) in [6.45, 7) is 6.69. The number of rotatable bonds is 54. The van der Waals surface area contributed by atoms with Gasteiger partial charge in [0.2, 0.25) is 0 Å². The van der Waals surface area contributed by atoms with E-state index in [-0.39, 0.29) is 31.1 Å². The molecule has 0 N–H and O–H groups in total. The Morgan fingerprint density at radius 1 is 0.250 bits per heavy atom. The van der Waals surface area contributed by atoms with E-state index in [2.05, 4.69) is 20.8 Å². The second-order valence-corrected chi connectivity index (χ2v) is 19.9. The van der Waals surface area contributed by atoms with Crippen molar-refractivity contribution >= 4 is 17.9 Å². The molecule has 6 heteroatoms. The molecular formula is C58H112O6. The minimum Gasteiger partial charge on any atom is -0.462 e. The topological polar surface area (TPSA) is 78.9 Å². The average molecular weight is 906 g/mol. The molecule has 0 aromatic heterocycles. The quantitative estimate of drug-likeness (QED) is 0.0344. The fraction of sp³-hybridized carbons (Fsp3) is 0.948. The van der Waals surface area contributed by atoms with Gasteiger partial charge in [-0.15, -0.1) is 0 Å². The van der Waals surface area contributed by atoms with Crippen molar-refractivity contribution in [1.29, 1.82) is 0 Å². The molecule has 0 amide bonds. The molecular weight excluding hydrogens is 793 g/mol. The van der Waals surface area contributed by atoms with E-state index in [1.807, 2.05) is 0 Å². The zero-order valence-corrected chi connectivity index (χ0v) is 43.6. The Hall–Kier alpha value is -1.59. The number of hydrogen-bond donors (Lipinski definition) is 0. The van der Waals surface area contributed by atoms with Gasteiger partial charge in [-0.2, -0.15) is 0 Å². The lowest BCUT2D eigenvalue weighted by Crippen LogP contribution is -2.30. The summed E-state index contributed by atoms with van der Waals surface area (Å²) in [6, 6.07) is 0. The van der Waals surface area contributed by atoms with Crippen molar-refractivity contribution in [2.75, 3.05) is 13.2 Å². The summed E-state index contributed by atoms with van der Waals surface area (Å²) < 4.78 is 16.8. The first kappa shape index (κ1) is 62.4. The smallest absolute Gasteiger partial charge is 0.306 e. The monoisotopic (exact) mass is 905 g/mol. The van der Waals surface area contributed by atoms with Crippen molar-refractivity contribution in [2.45, 2.75) is 341 Å². The molecule has 1 atom stereocenters. The average Bonchev–Trinajstić information content (AvgIpc) is 3.29. The summed E-state index contributed by atoms with van der Waals surface area (Å²) in [5.41, 5.74) is 0. The van der Waals surface area contributed by atoms with Crippen molar-refractivity contribution < 1.29 is 28.6 Å². The van der Waals surface area contributed by atoms with Gasteiger partial charge in [0.15, 0.2) is 6.10 Å². The number of ether oxygens (including phenoxy) is 3. The highest BCUT2D eigenvalue weighted by molar-refractivity contribution is 5.71. The molecule has 0 aromatic rings. The predicted molar refractivity (Wildman–Crippen MR) is 275 cm³/mol. The van der Waals surface area contributed by atoms with E-state index in [1.54, 1.807) is 0 Å². The third-order valence-electron chi connectivity index (χ3n) is 13.4. The van der Waals surface area contributed by atoms with Crippen LogP contribution in [0.3, 0.4) is 0 Å². The predicted octanol–water partition coefficient (Wildman–Crippen LogP) is 19.2. The van der Waals surface area contributed by atoms with Gasteiger partial charge in [-0.3, -0.25) is 14.4 Å². The standard InChI is InChI=1S/C58H112O6/c1-4-7-10-13-16-19-22-24-25-26-27-28-29-30-31-32-33-35-36-39-42-45-48-51-57(60)63-54-55(53-62-56(59)50-47-44-41-38-21-18-15-12-9-6-3)64-58(61)52-49-46-43-40-37-34-23-20-17-14-11-8-5-2/h55H,4-54H2,1-3H3. The van der Waals surface area contributed by atoms with Crippen LogP contribution in [0.15, 0.2) is 0 Å². The van der Waals surface area contributed by atoms with Crippen LogP contribution in [0.2, 0.25) is 0 Å². The number of esters is 3. The Morgan fingerprint density at radius 2 is 0.422 bits per heavy atom. The van der Waals surface area contributed by atoms with E-state index in [0.717, 1.165) is 57.8 Å². The highest BCUT2D eigenvalue weighted by atomic mass is 16.6. The van der Waals surface area contributed by atoms with Gasteiger partial charge in [0.1, 0.15) is 13.2 Å². The third kappa shape index (κ3) is 51.4. The van der Waals surface area contributed by atoms with E-state index in [0.29, 0.717) is 19.3 Å². The Balaban J connectivity index is 4.14. The van der Waals surface area contributed by atoms with Crippen molar-refractivity contribution in [1.82, 2.24) is 0 Å². The molecule has 0 fully saturated rings. The number of carbonyl (C=O) groups excluding carboxylic acids is 3. The van der Waals surface area contributed by atoms with E-state index < -0.39 is 6.10 Å². The molecule has 0 saturated heterocycles. The van der Waals surface area contributed by atoms with Gasteiger partial charge in [-0.05, 0) is 19.3 Å². The maximum absolute atomic E-state index is 12.8. The van der Waals surface area contributed by atoms with Crippen molar-refractivity contribution in [3.8, 4) is 0 Å². The molecule has 380 valence electrons. The molecule has 1 unspecified atom stereocenters. The SMILES string of the molecule is CCCCCCCCCCCCCCCCCCCCCCCCCC(=O)OCC(COC(=O)CCCCCCCCCCCC)OC(=O)CCCCCCCCCCCCCCC. The first-order chi connectivity index (χ1) is 31.5. The van der Waals surface area contributed by atoms with Crippen LogP contribution in [0.5, 0.6) is 0 Å². The van der Waals surface area contributed by atoms with Crippen LogP contribution in [0.25, 0.3) is 0 Å². The highest BCUT2D eigenvalue weighted by Crippen LogP contribution is 2.18. The molecule has 0 radical (unpaired) electrons. The second kappa shape index (κ2) is 54.0. The first-order valence-corrected chi connectivity index (χ1v) is 29.0. The van der Waals surface area contributed by atoms with Crippen LogP contribution in [-0.4, -0.2) is 37.2 Å². The summed E-state index contributed by atoms with van der Waals surface area (Å²) >= 11 is 0. The lowest BCUT2D eigenvalue weighted by molar-refractivity contribution is -0.167. The van der Waals surface area contributed by atoms with Gasteiger partial charge < -0.3 is 14.2 Å². The van der Waals surface area contributed by atoms with Gasteiger partial charge in [0.25, 0.3) is 0 Å². The maximum Gasteiger partial charge on any atom is 0.306 e. The summed E-state index contributed by atoms with van der Waals surface area (Å²) in [6.07, 6.45) is 59.6. The summed E-state index contributed by atoms with van der Waals surface area (Å²) in [5.74, 6) is -0.837. The molecule has 6 nitrogen and oxygen atoms in total. The van der Waals surface area contributed by atoms with Gasteiger partial charge >= 0.3 is 17.9 Å². The zero-order valence-electron chi connectivity index (χ0n) is 43.6. The van der Waals surface area contributed by atoms with Crippen molar-refractivity contribution in [3.05, 3.63) is 0 Å². The van der Waals surface area contributed by atoms with Crippen LogP contribution in [0.1, 0.15) is 335 Å². The van der Waals surface area contributed by atoms with Gasteiger partial charge in [-0.1, -0.05) is 297 Å². The summed E-state index contributed by atoms with van der Waals surface area (Å²) in [7, 11) is 0. The van der Waals surface area contributed by atoms with E-state index >= 15 is 0 Å². The van der Waals surface area contributed by atoms with Crippen LogP contribution in [0, 0.1) is 0 Å². The second-order valence-electron chi connectivity index (χ2n) is 19.9. The minimum absolute atomic E-state index is 0.0614. The lowest BCUT2D eigenvalue weighted by Gasteiger charge is -2.18. The maximum atomic E-state index is 12.8. The molecule has 0 saturated carbocycles. The normalized spacial score (nSPS) is 11.9. The summed E-state index contributed by atoms with van der Waals surface area (Å²) in [4.78, 5) is 38.0.